The van der Waals surface area contributed by atoms with Crippen LogP contribution in [0.15, 0.2) is 0 Å². The van der Waals surface area contributed by atoms with Crippen molar-refractivity contribution in [3.8, 4) is 0 Å². The number of hydrogen-bond donors (Lipinski definition) is 0. The molecule has 0 aliphatic carbocycles. The van der Waals surface area contributed by atoms with Crippen LogP contribution in [0.25, 0.3) is 0 Å². The van der Waals surface area contributed by atoms with Crippen molar-refractivity contribution in [3.63, 3.8) is 0 Å². The molecule has 2 amide bonds. The molecule has 0 aromatic rings. The van der Waals surface area contributed by atoms with Gasteiger partial charge in [0, 0.05) is 19.3 Å². The highest BCUT2D eigenvalue weighted by Crippen LogP contribution is 2.23. The molecule has 1 aliphatic heterocycles. The van der Waals surface area contributed by atoms with Crippen molar-refractivity contribution >= 4 is 31.9 Å². The first-order valence-corrected chi connectivity index (χ1v) is 9.51. The summed E-state index contributed by atoms with van der Waals surface area (Å²) in [5, 5.41) is -1.97. The van der Waals surface area contributed by atoms with Crippen molar-refractivity contribution < 1.29 is 26.4 Å². The lowest BCUT2D eigenvalue weighted by molar-refractivity contribution is -0.137. The standard InChI is InChI=1S/C10H18N2O6S2/c1-4-6-7-12-10(14)8(19(3,15)16)9(13)11(5-2)20(12,17)18/h8H,4-7H2,1-3H3. The van der Waals surface area contributed by atoms with Gasteiger partial charge in [-0.3, -0.25) is 9.59 Å². The lowest BCUT2D eigenvalue weighted by atomic mass is 10.3. The minimum Gasteiger partial charge on any atom is -0.272 e. The average molecular weight is 326 g/mol. The Morgan fingerprint density at radius 1 is 1.10 bits per heavy atom. The fourth-order valence-electron chi connectivity index (χ4n) is 1.93. The molecule has 1 rings (SSSR count). The van der Waals surface area contributed by atoms with E-state index in [4.69, 9.17) is 0 Å². The van der Waals surface area contributed by atoms with Crippen LogP contribution in [-0.2, 0) is 29.6 Å². The minimum atomic E-state index is -4.28. The van der Waals surface area contributed by atoms with E-state index in [-0.39, 0.29) is 13.1 Å². The van der Waals surface area contributed by atoms with Crippen molar-refractivity contribution in [2.45, 2.75) is 31.9 Å². The molecule has 0 N–H and O–H groups in total. The Hall–Kier alpha value is -1.16. The third-order valence-corrected chi connectivity index (χ3v) is 6.10. The van der Waals surface area contributed by atoms with Gasteiger partial charge in [0.25, 0.3) is 11.8 Å². The van der Waals surface area contributed by atoms with Gasteiger partial charge in [-0.1, -0.05) is 13.3 Å². The van der Waals surface area contributed by atoms with Gasteiger partial charge in [0.1, 0.15) is 0 Å². The Labute approximate surface area is 118 Å². The molecule has 20 heavy (non-hydrogen) atoms. The van der Waals surface area contributed by atoms with E-state index in [0.717, 1.165) is 6.26 Å². The van der Waals surface area contributed by atoms with Crippen LogP contribution in [0.1, 0.15) is 26.7 Å². The molecule has 1 saturated heterocycles. The predicted molar refractivity (Wildman–Crippen MR) is 71.6 cm³/mol. The van der Waals surface area contributed by atoms with Crippen LogP contribution in [0.2, 0.25) is 0 Å². The first-order chi connectivity index (χ1) is 9.08. The molecule has 0 aromatic carbocycles. The van der Waals surface area contributed by atoms with E-state index in [1.54, 1.807) is 6.92 Å². The zero-order valence-corrected chi connectivity index (χ0v) is 13.2. The molecule has 1 unspecified atom stereocenters. The average Bonchev–Trinajstić information content (AvgIpc) is 2.26. The maximum Gasteiger partial charge on any atom is 0.330 e. The Balaban J connectivity index is 3.37. The van der Waals surface area contributed by atoms with E-state index in [0.29, 0.717) is 21.5 Å². The van der Waals surface area contributed by atoms with Crippen LogP contribution in [0.5, 0.6) is 0 Å². The van der Waals surface area contributed by atoms with Crippen molar-refractivity contribution in [1.82, 2.24) is 8.61 Å². The summed E-state index contributed by atoms with van der Waals surface area (Å²) in [6.07, 6.45) is 1.77. The summed E-state index contributed by atoms with van der Waals surface area (Å²) in [6, 6.07) is 0. The maximum absolute atomic E-state index is 12.2. The molecule has 10 heteroatoms. The molecule has 1 atom stereocenters. The molecule has 0 radical (unpaired) electrons. The molecule has 8 nitrogen and oxygen atoms in total. The first kappa shape index (κ1) is 16.9. The van der Waals surface area contributed by atoms with Crippen LogP contribution in [0.3, 0.4) is 0 Å². The topological polar surface area (TPSA) is 109 Å². The number of hydrogen-bond acceptors (Lipinski definition) is 6. The van der Waals surface area contributed by atoms with Crippen molar-refractivity contribution in [1.29, 1.82) is 0 Å². The van der Waals surface area contributed by atoms with Crippen LogP contribution in [0, 0.1) is 0 Å². The highest BCUT2D eigenvalue weighted by atomic mass is 32.2. The minimum absolute atomic E-state index is 0.131. The molecular weight excluding hydrogens is 308 g/mol. The van der Waals surface area contributed by atoms with Crippen LogP contribution in [0.4, 0.5) is 0 Å². The van der Waals surface area contributed by atoms with Gasteiger partial charge in [-0.25, -0.2) is 17.0 Å². The number of nitrogens with zero attached hydrogens (tertiary/aromatic N) is 2. The molecule has 0 saturated carbocycles. The summed E-state index contributed by atoms with van der Waals surface area (Å²) >= 11 is 0. The van der Waals surface area contributed by atoms with E-state index in [9.17, 15) is 26.4 Å². The molecule has 1 aliphatic rings. The normalized spacial score (nSPS) is 23.2. The number of sulfone groups is 1. The van der Waals surface area contributed by atoms with E-state index in [1.807, 2.05) is 0 Å². The summed E-state index contributed by atoms with van der Waals surface area (Å²) < 4.78 is 48.5. The lowest BCUT2D eigenvalue weighted by Gasteiger charge is -2.36. The molecule has 1 heterocycles. The smallest absolute Gasteiger partial charge is 0.272 e. The number of carbonyl (C=O) groups is 2. The second-order valence-electron chi connectivity index (χ2n) is 4.48. The van der Waals surface area contributed by atoms with Gasteiger partial charge in [-0.2, -0.15) is 8.42 Å². The fraction of sp³-hybridized carbons (Fsp3) is 0.800. The van der Waals surface area contributed by atoms with Crippen molar-refractivity contribution in [2.75, 3.05) is 19.3 Å². The van der Waals surface area contributed by atoms with Gasteiger partial charge in [-0.05, 0) is 13.3 Å². The molecule has 0 spiro atoms. The predicted octanol–water partition coefficient (Wildman–Crippen LogP) is -0.865. The molecule has 0 bridgehead atoms. The van der Waals surface area contributed by atoms with Gasteiger partial charge in [0.15, 0.2) is 9.84 Å². The Morgan fingerprint density at radius 2 is 1.60 bits per heavy atom. The summed E-state index contributed by atoms with van der Waals surface area (Å²) in [6.45, 7) is 2.86. The van der Waals surface area contributed by atoms with Gasteiger partial charge in [0.2, 0.25) is 5.25 Å². The Morgan fingerprint density at radius 3 is 2.00 bits per heavy atom. The Kier molecular flexibility index (Phi) is 4.80. The van der Waals surface area contributed by atoms with Gasteiger partial charge >= 0.3 is 10.2 Å². The van der Waals surface area contributed by atoms with E-state index >= 15 is 0 Å². The third kappa shape index (κ3) is 2.80. The third-order valence-electron chi connectivity index (χ3n) is 2.93. The van der Waals surface area contributed by atoms with Gasteiger partial charge < -0.3 is 0 Å². The maximum atomic E-state index is 12.2. The first-order valence-electron chi connectivity index (χ1n) is 6.16. The zero-order valence-electron chi connectivity index (χ0n) is 11.6. The SMILES string of the molecule is CCCCN1C(=O)C(S(C)(=O)=O)C(=O)N(CC)S1(=O)=O. The van der Waals surface area contributed by atoms with E-state index in [1.165, 1.54) is 6.92 Å². The van der Waals surface area contributed by atoms with Crippen molar-refractivity contribution in [3.05, 3.63) is 0 Å². The van der Waals surface area contributed by atoms with E-state index in [2.05, 4.69) is 0 Å². The molecule has 0 aromatic heterocycles. The number of carbonyl (C=O) groups excluding carboxylic acids is 2. The largest absolute Gasteiger partial charge is 0.330 e. The molecule has 116 valence electrons. The zero-order chi connectivity index (χ0) is 15.7. The fourth-order valence-corrected chi connectivity index (χ4v) is 4.64. The highest BCUT2D eigenvalue weighted by Gasteiger charge is 2.53. The quantitative estimate of drug-likeness (QED) is 0.608. The number of amides is 2. The summed E-state index contributed by atoms with van der Waals surface area (Å²) in [4.78, 5) is 24.1. The van der Waals surface area contributed by atoms with Gasteiger partial charge in [-0.15, -0.1) is 0 Å². The van der Waals surface area contributed by atoms with Gasteiger partial charge in [0.05, 0.1) is 0 Å². The second-order valence-corrected chi connectivity index (χ2v) is 8.39. The van der Waals surface area contributed by atoms with Crippen LogP contribution < -0.4 is 0 Å². The lowest BCUT2D eigenvalue weighted by Crippen LogP contribution is -2.63. The van der Waals surface area contributed by atoms with Crippen molar-refractivity contribution in [2.24, 2.45) is 0 Å². The highest BCUT2D eigenvalue weighted by molar-refractivity contribution is 7.94. The molecular formula is C10H18N2O6S2. The van der Waals surface area contributed by atoms with E-state index < -0.39 is 37.1 Å². The monoisotopic (exact) mass is 326 g/mol. The summed E-state index contributed by atoms with van der Waals surface area (Å²) in [7, 11) is -8.30. The second kappa shape index (κ2) is 5.68. The molecule has 1 fully saturated rings. The van der Waals surface area contributed by atoms with Crippen LogP contribution >= 0.6 is 0 Å². The number of unbranched alkanes of at least 4 members (excludes halogenated alkanes) is 1. The number of rotatable bonds is 5. The Bertz CT molecular complexity index is 610. The van der Waals surface area contributed by atoms with Crippen LogP contribution in [-0.4, -0.2) is 61.9 Å². The summed E-state index contributed by atoms with van der Waals surface area (Å²) in [5.74, 6) is -2.39. The summed E-state index contributed by atoms with van der Waals surface area (Å²) in [5.41, 5.74) is 0.